The van der Waals surface area contributed by atoms with E-state index in [4.69, 9.17) is 9.72 Å². The Balaban J connectivity index is 1.51. The number of amides is 1. The number of rotatable bonds is 6. The zero-order chi connectivity index (χ0) is 29.2. The summed E-state index contributed by atoms with van der Waals surface area (Å²) in [6.45, 7) is 6.12. The molecule has 6 rings (SSSR count). The number of aliphatic carboxylic acids is 1. The maximum absolute atomic E-state index is 14.1. The van der Waals surface area contributed by atoms with Crippen molar-refractivity contribution in [2.24, 2.45) is 0 Å². The molecule has 7 nitrogen and oxygen atoms in total. The molecule has 0 spiro atoms. The number of morpholine rings is 1. The van der Waals surface area contributed by atoms with Gasteiger partial charge >= 0.3 is 5.97 Å². The standard InChI is InChI=1S/C34H35N3O4S/c1-21-33(42-22(2)35-21)30-12-9-25-20-26(10-11-29(25)36-30)32-27(24-6-4-3-5-7-24)18-23(8-13-31(38)39)19-28(32)34(40)37-14-16-41-17-15-37/h8-13,18-20,24H,3-7,14-17H2,1-2H3,(H,38,39)/b13-8+. The van der Waals surface area contributed by atoms with E-state index < -0.39 is 5.97 Å². The van der Waals surface area contributed by atoms with Gasteiger partial charge in [0.25, 0.3) is 5.91 Å². The molecule has 2 aromatic heterocycles. The molecule has 1 amide bonds. The van der Waals surface area contributed by atoms with Crippen LogP contribution < -0.4 is 0 Å². The number of benzene rings is 2. The summed E-state index contributed by atoms with van der Waals surface area (Å²) >= 11 is 1.65. The largest absolute Gasteiger partial charge is 0.478 e. The van der Waals surface area contributed by atoms with E-state index in [0.29, 0.717) is 37.8 Å². The molecule has 42 heavy (non-hydrogen) atoms. The van der Waals surface area contributed by atoms with E-state index in [-0.39, 0.29) is 5.91 Å². The van der Waals surface area contributed by atoms with E-state index in [1.54, 1.807) is 17.4 Å². The van der Waals surface area contributed by atoms with Crippen LogP contribution in [0.1, 0.15) is 70.2 Å². The van der Waals surface area contributed by atoms with Crippen LogP contribution in [0.4, 0.5) is 0 Å². The summed E-state index contributed by atoms with van der Waals surface area (Å²) in [6.07, 6.45) is 8.36. The number of nitrogens with zero attached hydrogens (tertiary/aromatic N) is 3. The SMILES string of the molecule is Cc1nc(C)c(-c2ccc3cc(-c4c(C(=O)N5CCOCC5)cc(/C=C/C(=O)O)cc4C4CCCCC4)ccc3n2)s1. The molecule has 2 aromatic carbocycles. The molecule has 1 N–H and O–H groups in total. The van der Waals surface area contributed by atoms with Crippen molar-refractivity contribution in [2.45, 2.75) is 51.9 Å². The second-order valence-corrected chi connectivity index (χ2v) is 12.4. The molecule has 3 heterocycles. The van der Waals surface area contributed by atoms with Gasteiger partial charge in [-0.25, -0.2) is 14.8 Å². The van der Waals surface area contributed by atoms with E-state index in [1.165, 1.54) is 6.42 Å². The third-order valence-electron chi connectivity index (χ3n) is 8.30. The summed E-state index contributed by atoms with van der Waals surface area (Å²) in [5.41, 5.74) is 7.20. The Labute approximate surface area is 249 Å². The number of carboxylic acid groups (broad SMARTS) is 1. The van der Waals surface area contributed by atoms with Crippen molar-refractivity contribution in [3.63, 3.8) is 0 Å². The number of ether oxygens (including phenoxy) is 1. The number of fused-ring (bicyclic) bond motifs is 1. The number of carboxylic acids is 1. The molecule has 1 aliphatic heterocycles. The zero-order valence-electron chi connectivity index (χ0n) is 24.1. The van der Waals surface area contributed by atoms with Gasteiger partial charge in [0, 0.05) is 30.1 Å². The third-order valence-corrected chi connectivity index (χ3v) is 9.39. The van der Waals surface area contributed by atoms with Gasteiger partial charge in [0.2, 0.25) is 0 Å². The quantitative estimate of drug-likeness (QED) is 0.241. The highest BCUT2D eigenvalue weighted by Gasteiger charge is 2.28. The molecule has 216 valence electrons. The number of aryl methyl sites for hydroxylation is 2. The molecule has 0 radical (unpaired) electrons. The first kappa shape index (κ1) is 28.2. The minimum Gasteiger partial charge on any atom is -0.478 e. The van der Waals surface area contributed by atoms with Crippen molar-refractivity contribution in [1.82, 2.24) is 14.9 Å². The number of carbonyl (C=O) groups excluding carboxylic acids is 1. The van der Waals surface area contributed by atoms with Crippen LogP contribution in [0.2, 0.25) is 0 Å². The lowest BCUT2D eigenvalue weighted by Gasteiger charge is -2.30. The van der Waals surface area contributed by atoms with Crippen LogP contribution in [0.5, 0.6) is 0 Å². The molecule has 8 heteroatoms. The van der Waals surface area contributed by atoms with E-state index in [2.05, 4.69) is 29.2 Å². The summed E-state index contributed by atoms with van der Waals surface area (Å²) in [5, 5.41) is 11.4. The number of carbonyl (C=O) groups is 2. The van der Waals surface area contributed by atoms with Gasteiger partial charge < -0.3 is 14.7 Å². The number of thiazole rings is 1. The number of hydrogen-bond acceptors (Lipinski definition) is 6. The molecule has 2 aliphatic rings. The average molecular weight is 582 g/mol. The predicted molar refractivity (Wildman–Crippen MR) is 167 cm³/mol. The van der Waals surface area contributed by atoms with Crippen molar-refractivity contribution in [3.05, 3.63) is 75.9 Å². The van der Waals surface area contributed by atoms with Gasteiger partial charge in [-0.15, -0.1) is 11.3 Å². The van der Waals surface area contributed by atoms with Gasteiger partial charge in [-0.3, -0.25) is 4.79 Å². The lowest BCUT2D eigenvalue weighted by Crippen LogP contribution is -2.41. The highest BCUT2D eigenvalue weighted by Crippen LogP contribution is 2.42. The first-order valence-electron chi connectivity index (χ1n) is 14.7. The van der Waals surface area contributed by atoms with Crippen molar-refractivity contribution < 1.29 is 19.4 Å². The van der Waals surface area contributed by atoms with Crippen molar-refractivity contribution in [3.8, 4) is 21.7 Å². The first-order valence-corrected chi connectivity index (χ1v) is 15.5. The Hall–Kier alpha value is -3.88. The van der Waals surface area contributed by atoms with Crippen LogP contribution in [0.3, 0.4) is 0 Å². The van der Waals surface area contributed by atoms with Gasteiger partial charge in [-0.05, 0) is 85.2 Å². The Bertz CT molecular complexity index is 1680. The summed E-state index contributed by atoms with van der Waals surface area (Å²) in [7, 11) is 0. The molecule has 4 aromatic rings. The third kappa shape index (κ3) is 5.87. The lowest BCUT2D eigenvalue weighted by atomic mass is 9.78. The van der Waals surface area contributed by atoms with Gasteiger partial charge in [0.05, 0.1) is 40.0 Å². The molecule has 0 unspecified atom stereocenters. The van der Waals surface area contributed by atoms with Crippen LogP contribution in [-0.2, 0) is 9.53 Å². The summed E-state index contributed by atoms with van der Waals surface area (Å²) in [5.74, 6) is -0.748. The Morgan fingerprint density at radius 2 is 1.79 bits per heavy atom. The molecule has 2 fully saturated rings. The minimum absolute atomic E-state index is 0.0412. The highest BCUT2D eigenvalue weighted by molar-refractivity contribution is 7.15. The lowest BCUT2D eigenvalue weighted by molar-refractivity contribution is -0.131. The van der Waals surface area contributed by atoms with Crippen molar-refractivity contribution in [2.75, 3.05) is 26.3 Å². The maximum atomic E-state index is 14.1. The number of pyridine rings is 1. The molecule has 0 bridgehead atoms. The van der Waals surface area contributed by atoms with Crippen LogP contribution in [0.25, 0.3) is 38.7 Å². The monoisotopic (exact) mass is 581 g/mol. The van der Waals surface area contributed by atoms with Crippen LogP contribution >= 0.6 is 11.3 Å². The van der Waals surface area contributed by atoms with E-state index >= 15 is 0 Å². The summed E-state index contributed by atoms with van der Waals surface area (Å²) < 4.78 is 5.53. The fraction of sp³-hybridized carbons (Fsp3) is 0.353. The zero-order valence-corrected chi connectivity index (χ0v) is 24.9. The maximum Gasteiger partial charge on any atom is 0.328 e. The smallest absolute Gasteiger partial charge is 0.328 e. The number of aromatic nitrogens is 2. The summed E-state index contributed by atoms with van der Waals surface area (Å²) in [6, 6.07) is 14.4. The summed E-state index contributed by atoms with van der Waals surface area (Å²) in [4.78, 5) is 38.0. The molecular formula is C34H35N3O4S. The average Bonchev–Trinajstić information content (AvgIpc) is 3.36. The van der Waals surface area contributed by atoms with E-state index in [1.807, 2.05) is 36.9 Å². The van der Waals surface area contributed by atoms with E-state index in [9.17, 15) is 14.7 Å². The fourth-order valence-electron chi connectivity index (χ4n) is 6.29. The van der Waals surface area contributed by atoms with E-state index in [0.717, 1.165) is 86.2 Å². The molecule has 0 atom stereocenters. The normalized spacial score (nSPS) is 16.4. The van der Waals surface area contributed by atoms with Gasteiger partial charge in [-0.2, -0.15) is 0 Å². The minimum atomic E-state index is -1.01. The highest BCUT2D eigenvalue weighted by atomic mass is 32.1. The predicted octanol–water partition coefficient (Wildman–Crippen LogP) is 7.26. The molecule has 1 saturated carbocycles. The van der Waals surface area contributed by atoms with Crippen molar-refractivity contribution >= 4 is 40.2 Å². The van der Waals surface area contributed by atoms with Gasteiger partial charge in [0.15, 0.2) is 0 Å². The van der Waals surface area contributed by atoms with Crippen LogP contribution in [0.15, 0.2) is 48.5 Å². The van der Waals surface area contributed by atoms with Crippen LogP contribution in [-0.4, -0.2) is 58.2 Å². The van der Waals surface area contributed by atoms with Crippen molar-refractivity contribution in [1.29, 1.82) is 0 Å². The van der Waals surface area contributed by atoms with Gasteiger partial charge in [-0.1, -0.05) is 37.5 Å². The van der Waals surface area contributed by atoms with Gasteiger partial charge in [0.1, 0.15) is 0 Å². The Morgan fingerprint density at radius 3 is 2.50 bits per heavy atom. The first-order chi connectivity index (χ1) is 20.4. The van der Waals surface area contributed by atoms with Crippen LogP contribution in [0, 0.1) is 13.8 Å². The second-order valence-electron chi connectivity index (χ2n) is 11.2. The topological polar surface area (TPSA) is 92.6 Å². The molecule has 1 aliphatic carbocycles. The molecular weight excluding hydrogens is 546 g/mol. The Morgan fingerprint density at radius 1 is 1.00 bits per heavy atom. The Kier molecular flexibility index (Phi) is 8.18. The number of hydrogen-bond donors (Lipinski definition) is 1. The second kappa shape index (κ2) is 12.2. The fourth-order valence-corrected chi connectivity index (χ4v) is 7.18. The molecule has 1 saturated heterocycles.